The Morgan fingerprint density at radius 3 is 2.79 bits per heavy atom. The van der Waals surface area contributed by atoms with Crippen LogP contribution in [-0.2, 0) is 16.1 Å². The lowest BCUT2D eigenvalue weighted by Gasteiger charge is -2.34. The fourth-order valence-corrected chi connectivity index (χ4v) is 4.57. The van der Waals surface area contributed by atoms with E-state index in [2.05, 4.69) is 30.0 Å². The van der Waals surface area contributed by atoms with E-state index in [9.17, 15) is 5.11 Å². The van der Waals surface area contributed by atoms with Crippen molar-refractivity contribution >= 4 is 22.4 Å². The van der Waals surface area contributed by atoms with Crippen LogP contribution in [0.15, 0.2) is 42.5 Å². The number of hydrogen-bond acceptors (Lipinski definition) is 7. The van der Waals surface area contributed by atoms with Gasteiger partial charge in [0.2, 0.25) is 0 Å². The van der Waals surface area contributed by atoms with Gasteiger partial charge in [0.05, 0.1) is 51.9 Å². The predicted octanol–water partition coefficient (Wildman–Crippen LogP) is 3.83. The summed E-state index contributed by atoms with van der Waals surface area (Å²) < 4.78 is 16.5. The van der Waals surface area contributed by atoms with Gasteiger partial charge >= 0.3 is 0 Å². The van der Waals surface area contributed by atoms with Crippen LogP contribution in [0.5, 0.6) is 5.75 Å². The molecule has 0 aliphatic carbocycles. The molecule has 3 aromatic rings. The summed E-state index contributed by atoms with van der Waals surface area (Å²) in [5.74, 6) is 1.59. The zero-order chi connectivity index (χ0) is 22.8. The third kappa shape index (κ3) is 4.31. The first-order valence-electron chi connectivity index (χ1n) is 11.4. The molecule has 7 heteroatoms. The molecular weight excluding hydrogens is 418 g/mol. The number of rotatable bonds is 5. The number of fused-ring (bicyclic) bond motifs is 1. The molecule has 0 amide bonds. The molecule has 1 N–H and O–H groups in total. The van der Waals surface area contributed by atoms with Crippen molar-refractivity contribution in [3.63, 3.8) is 0 Å². The van der Waals surface area contributed by atoms with E-state index in [1.54, 1.807) is 7.11 Å². The Morgan fingerprint density at radius 1 is 1.12 bits per heavy atom. The molecule has 2 aliphatic heterocycles. The van der Waals surface area contributed by atoms with Crippen LogP contribution in [0.1, 0.15) is 24.5 Å². The Balaban J connectivity index is 1.64. The molecule has 33 heavy (non-hydrogen) atoms. The molecule has 7 nitrogen and oxygen atoms in total. The monoisotopic (exact) mass is 447 g/mol. The van der Waals surface area contributed by atoms with Crippen molar-refractivity contribution < 1.29 is 19.3 Å². The van der Waals surface area contributed by atoms with Gasteiger partial charge in [0.25, 0.3) is 0 Å². The van der Waals surface area contributed by atoms with Crippen molar-refractivity contribution in [3.05, 3.63) is 53.6 Å². The van der Waals surface area contributed by atoms with E-state index in [-0.39, 0.29) is 12.6 Å². The molecule has 0 spiro atoms. The molecule has 0 radical (unpaired) electrons. The lowest BCUT2D eigenvalue weighted by atomic mass is 9.97. The molecular formula is C26H29N3O4. The number of aromatic nitrogens is 2. The zero-order valence-corrected chi connectivity index (χ0v) is 19.1. The Hall–Kier alpha value is -3.00. The smallest absolute Gasteiger partial charge is 0.162 e. The first kappa shape index (κ1) is 21.8. The number of pyridine rings is 2. The van der Waals surface area contributed by atoms with E-state index in [1.165, 1.54) is 11.1 Å². The van der Waals surface area contributed by atoms with Crippen LogP contribution >= 0.6 is 0 Å². The van der Waals surface area contributed by atoms with E-state index < -0.39 is 0 Å². The molecule has 2 aromatic heterocycles. The molecule has 4 heterocycles. The maximum Gasteiger partial charge on any atom is 0.162 e. The fraction of sp³-hybridized carbons (Fsp3) is 0.385. The van der Waals surface area contributed by atoms with Crippen LogP contribution in [0, 0.1) is 0 Å². The molecule has 0 bridgehead atoms. The fourth-order valence-electron chi connectivity index (χ4n) is 4.57. The van der Waals surface area contributed by atoms with Gasteiger partial charge in [-0.3, -0.25) is 0 Å². The van der Waals surface area contributed by atoms with Gasteiger partial charge in [-0.2, -0.15) is 0 Å². The standard InChI is InChI=1S/C26H29N3O4/c1-17-16-33-12-9-29(17)25-14-22(18-7-10-32-11-8-18)21-4-5-23(27-26(21)28-25)19-3-6-24(31-2)20(13-19)15-30/h3-7,13-14,17,30H,8-12,15-16H2,1-2H3/t17-/m0/s1. The molecule has 1 saturated heterocycles. The highest BCUT2D eigenvalue weighted by Gasteiger charge is 2.23. The van der Waals surface area contributed by atoms with E-state index in [0.29, 0.717) is 31.2 Å². The van der Waals surface area contributed by atoms with Gasteiger partial charge in [-0.15, -0.1) is 0 Å². The van der Waals surface area contributed by atoms with Crippen LogP contribution in [0.2, 0.25) is 0 Å². The lowest BCUT2D eigenvalue weighted by molar-refractivity contribution is 0.0985. The van der Waals surface area contributed by atoms with Gasteiger partial charge in [0.1, 0.15) is 11.6 Å². The Bertz CT molecular complexity index is 1190. The number of methoxy groups -OCH3 is 1. The Kier molecular flexibility index (Phi) is 6.26. The highest BCUT2D eigenvalue weighted by atomic mass is 16.5. The number of ether oxygens (including phenoxy) is 3. The highest BCUT2D eigenvalue weighted by Crippen LogP contribution is 2.33. The average Bonchev–Trinajstić information content (AvgIpc) is 2.88. The number of aliphatic hydroxyl groups is 1. The average molecular weight is 448 g/mol. The second-order valence-corrected chi connectivity index (χ2v) is 8.45. The second-order valence-electron chi connectivity index (χ2n) is 8.45. The number of aliphatic hydroxyl groups excluding tert-OH is 1. The van der Waals surface area contributed by atoms with Crippen LogP contribution in [-0.4, -0.2) is 61.2 Å². The van der Waals surface area contributed by atoms with Gasteiger partial charge in [-0.25, -0.2) is 9.97 Å². The van der Waals surface area contributed by atoms with Gasteiger partial charge in [-0.1, -0.05) is 6.08 Å². The predicted molar refractivity (Wildman–Crippen MR) is 128 cm³/mol. The summed E-state index contributed by atoms with van der Waals surface area (Å²) in [6, 6.07) is 12.3. The van der Waals surface area contributed by atoms with E-state index in [0.717, 1.165) is 47.6 Å². The second kappa shape index (κ2) is 9.47. The molecule has 1 aromatic carbocycles. The summed E-state index contributed by atoms with van der Waals surface area (Å²) in [5, 5.41) is 10.8. The van der Waals surface area contributed by atoms with Crippen molar-refractivity contribution in [3.8, 4) is 17.0 Å². The number of nitrogens with zero attached hydrogens (tertiary/aromatic N) is 3. The first-order valence-corrected chi connectivity index (χ1v) is 11.4. The van der Waals surface area contributed by atoms with E-state index in [1.807, 2.05) is 24.3 Å². The highest BCUT2D eigenvalue weighted by molar-refractivity contribution is 5.92. The number of anilines is 1. The zero-order valence-electron chi connectivity index (χ0n) is 19.1. The number of morpholine rings is 1. The topological polar surface area (TPSA) is 76.9 Å². The van der Waals surface area contributed by atoms with Crippen molar-refractivity contribution in [2.75, 3.05) is 45.0 Å². The lowest BCUT2D eigenvalue weighted by Crippen LogP contribution is -2.44. The summed E-state index contributed by atoms with van der Waals surface area (Å²) in [7, 11) is 1.60. The maximum absolute atomic E-state index is 9.73. The molecule has 172 valence electrons. The largest absolute Gasteiger partial charge is 0.496 e. The number of hydrogen-bond donors (Lipinski definition) is 1. The van der Waals surface area contributed by atoms with Gasteiger partial charge in [0.15, 0.2) is 5.65 Å². The summed E-state index contributed by atoms with van der Waals surface area (Å²) in [6.07, 6.45) is 3.03. The third-order valence-electron chi connectivity index (χ3n) is 6.38. The van der Waals surface area contributed by atoms with Crippen LogP contribution in [0.25, 0.3) is 27.9 Å². The first-order chi connectivity index (χ1) is 16.2. The maximum atomic E-state index is 9.73. The quantitative estimate of drug-likeness (QED) is 0.637. The molecule has 0 saturated carbocycles. The number of benzene rings is 1. The molecule has 0 unspecified atom stereocenters. The molecule has 1 atom stereocenters. The summed E-state index contributed by atoms with van der Waals surface area (Å²) in [5.41, 5.74) is 5.62. The van der Waals surface area contributed by atoms with Gasteiger partial charge < -0.3 is 24.2 Å². The van der Waals surface area contributed by atoms with E-state index in [4.69, 9.17) is 24.2 Å². The minimum atomic E-state index is -0.0950. The van der Waals surface area contributed by atoms with Crippen LogP contribution in [0.3, 0.4) is 0 Å². The Labute approximate surface area is 193 Å². The summed E-state index contributed by atoms with van der Waals surface area (Å²) >= 11 is 0. The van der Waals surface area contributed by atoms with Crippen LogP contribution in [0.4, 0.5) is 5.82 Å². The van der Waals surface area contributed by atoms with Crippen molar-refractivity contribution in [2.45, 2.75) is 26.0 Å². The minimum absolute atomic E-state index is 0.0950. The van der Waals surface area contributed by atoms with Gasteiger partial charge in [0, 0.05) is 23.1 Å². The minimum Gasteiger partial charge on any atom is -0.496 e. The normalized spacial score (nSPS) is 18.9. The van der Waals surface area contributed by atoms with E-state index >= 15 is 0 Å². The molecule has 5 rings (SSSR count). The van der Waals surface area contributed by atoms with Gasteiger partial charge in [-0.05, 0) is 60.9 Å². The van der Waals surface area contributed by atoms with Crippen molar-refractivity contribution in [1.29, 1.82) is 0 Å². The third-order valence-corrected chi connectivity index (χ3v) is 6.38. The molecule has 2 aliphatic rings. The van der Waals surface area contributed by atoms with Crippen molar-refractivity contribution in [2.24, 2.45) is 0 Å². The van der Waals surface area contributed by atoms with Crippen LogP contribution < -0.4 is 9.64 Å². The molecule has 1 fully saturated rings. The Morgan fingerprint density at radius 2 is 2.03 bits per heavy atom. The summed E-state index contributed by atoms with van der Waals surface area (Å²) in [6.45, 7) is 5.61. The SMILES string of the molecule is COc1ccc(-c2ccc3c(C4=CCOCC4)cc(N4CCOC[C@@H]4C)nc3n2)cc1CO. The van der Waals surface area contributed by atoms with Crippen molar-refractivity contribution in [1.82, 2.24) is 9.97 Å². The summed E-state index contributed by atoms with van der Waals surface area (Å²) in [4.78, 5) is 12.3.